The number of carboxylic acids is 1. The van der Waals surface area contributed by atoms with E-state index in [0.717, 1.165) is 77.0 Å². The third-order valence-corrected chi connectivity index (χ3v) is 6.38. The van der Waals surface area contributed by atoms with Crippen LogP contribution in [0, 0.1) is 0 Å². The van der Waals surface area contributed by atoms with Gasteiger partial charge in [0.1, 0.15) is 0 Å². The largest absolute Gasteiger partial charge is 0.481 e. The summed E-state index contributed by atoms with van der Waals surface area (Å²) >= 11 is 0. The van der Waals surface area contributed by atoms with Crippen molar-refractivity contribution in [1.82, 2.24) is 0 Å². The molecule has 0 saturated heterocycles. The molecule has 2 atom stereocenters. The predicted octanol–water partition coefficient (Wildman–Crippen LogP) is 12.0. The van der Waals surface area contributed by atoms with Crippen LogP contribution in [-0.2, 0) is 4.79 Å². The third-order valence-electron chi connectivity index (χ3n) is 6.38. The third kappa shape index (κ3) is 44.4. The van der Waals surface area contributed by atoms with Crippen LogP contribution >= 0.6 is 0 Å². The van der Waals surface area contributed by atoms with Gasteiger partial charge in [-0.3, -0.25) is 4.79 Å². The smallest absolute Gasteiger partial charge is 0.303 e. The van der Waals surface area contributed by atoms with Gasteiger partial charge < -0.3 is 15.3 Å². The van der Waals surface area contributed by atoms with Crippen LogP contribution in [0.5, 0.6) is 0 Å². The number of aliphatic hydroxyl groups is 2. The second kappa shape index (κ2) is 41.3. The van der Waals surface area contributed by atoms with Crippen molar-refractivity contribution in [3.8, 4) is 0 Å². The van der Waals surface area contributed by atoms with Crippen molar-refractivity contribution in [3.63, 3.8) is 0 Å². The van der Waals surface area contributed by atoms with E-state index < -0.39 is 12.1 Å². The molecule has 0 fully saturated rings. The van der Waals surface area contributed by atoms with Crippen LogP contribution in [0.2, 0.25) is 0 Å². The van der Waals surface area contributed by atoms with Gasteiger partial charge in [0, 0.05) is 6.42 Å². The molecule has 0 aromatic rings. The van der Waals surface area contributed by atoms with E-state index in [9.17, 15) is 15.0 Å². The highest BCUT2D eigenvalue weighted by Gasteiger charge is 2.02. The van der Waals surface area contributed by atoms with Crippen LogP contribution in [0.3, 0.4) is 0 Å². The summed E-state index contributed by atoms with van der Waals surface area (Å²) in [4.78, 5) is 10.4. The van der Waals surface area contributed by atoms with Crippen LogP contribution in [0.15, 0.2) is 146 Å². The van der Waals surface area contributed by atoms with Crippen molar-refractivity contribution in [2.45, 2.75) is 123 Å². The summed E-state index contributed by atoms with van der Waals surface area (Å²) in [5, 5.41) is 27.5. The van der Waals surface area contributed by atoms with E-state index >= 15 is 0 Å². The average molecular weight is 659 g/mol. The Morgan fingerprint density at radius 1 is 0.438 bits per heavy atom. The lowest BCUT2D eigenvalue weighted by atomic mass is 10.2. The quantitative estimate of drug-likeness (QED) is 0.0606. The number of carbonyl (C=O) groups is 1. The van der Waals surface area contributed by atoms with Crippen molar-refractivity contribution < 1.29 is 20.1 Å². The fourth-order valence-electron chi connectivity index (χ4n) is 3.77. The molecule has 0 aromatic carbocycles. The topological polar surface area (TPSA) is 77.8 Å². The molecule has 0 aliphatic carbocycles. The molecule has 0 rings (SSSR count). The highest BCUT2D eigenvalue weighted by molar-refractivity contribution is 5.66. The molecule has 4 heteroatoms. The van der Waals surface area contributed by atoms with E-state index in [4.69, 9.17) is 5.11 Å². The van der Waals surface area contributed by atoms with Crippen molar-refractivity contribution in [2.75, 3.05) is 0 Å². The van der Waals surface area contributed by atoms with Crippen LogP contribution in [0.25, 0.3) is 0 Å². The number of allylic oxidation sites excluding steroid dienone is 22. The number of aliphatic carboxylic acids is 1. The molecule has 0 aliphatic rings. The van der Waals surface area contributed by atoms with Crippen molar-refractivity contribution in [2.24, 2.45) is 0 Å². The normalized spacial score (nSPS) is 14.5. The Balaban J connectivity index is 0. The van der Waals surface area contributed by atoms with Gasteiger partial charge in [0.2, 0.25) is 0 Å². The maximum absolute atomic E-state index is 10.4. The lowest BCUT2D eigenvalue weighted by molar-refractivity contribution is -0.137. The summed E-state index contributed by atoms with van der Waals surface area (Å²) in [7, 11) is 0. The van der Waals surface area contributed by atoms with Crippen LogP contribution in [0.4, 0.5) is 0 Å². The number of rotatable bonds is 27. The first-order valence-electron chi connectivity index (χ1n) is 17.9. The molecular weight excluding hydrogens is 592 g/mol. The maximum Gasteiger partial charge on any atom is 0.303 e. The zero-order valence-corrected chi connectivity index (χ0v) is 30.2. The van der Waals surface area contributed by atoms with Gasteiger partial charge in [-0.25, -0.2) is 0 Å². The lowest BCUT2D eigenvalue weighted by Crippen LogP contribution is -2.05. The SMILES string of the molecule is CC/C=C\C/C=C\C/C=C\C/C=C\C/C=C\C=C\C(O)CCC.CC/C=C\C/C=C\C/C=C\C/C=C\C/C=C\C=C\C(O)CCC(=O)O. The second-order valence-electron chi connectivity index (χ2n) is 11.0. The van der Waals surface area contributed by atoms with E-state index in [1.165, 1.54) is 0 Å². The Bertz CT molecular complexity index is 1070. The minimum absolute atomic E-state index is 0.0167. The average Bonchev–Trinajstić information content (AvgIpc) is 3.07. The minimum Gasteiger partial charge on any atom is -0.481 e. The summed E-state index contributed by atoms with van der Waals surface area (Å²) in [5.74, 6) is -0.887. The molecule has 4 nitrogen and oxygen atoms in total. The van der Waals surface area contributed by atoms with Gasteiger partial charge in [-0.05, 0) is 77.0 Å². The molecule has 0 aromatic heterocycles. The highest BCUT2D eigenvalue weighted by Crippen LogP contribution is 2.01. The van der Waals surface area contributed by atoms with Gasteiger partial charge >= 0.3 is 5.97 Å². The Labute approximate surface area is 294 Å². The zero-order valence-electron chi connectivity index (χ0n) is 30.2. The number of carboxylic acid groups (broad SMARTS) is 1. The van der Waals surface area contributed by atoms with Gasteiger partial charge in [0.15, 0.2) is 0 Å². The molecule has 0 saturated carbocycles. The fourth-order valence-corrected chi connectivity index (χ4v) is 3.77. The van der Waals surface area contributed by atoms with Crippen LogP contribution in [0.1, 0.15) is 111 Å². The number of hydrogen-bond donors (Lipinski definition) is 3. The Morgan fingerprint density at radius 2 is 0.729 bits per heavy atom. The Kier molecular flexibility index (Phi) is 39.9. The first kappa shape index (κ1) is 46.4. The molecule has 0 heterocycles. The summed E-state index contributed by atoms with van der Waals surface area (Å²) in [6, 6.07) is 0. The standard InChI is InChI=1S/C22H32O3.C22H34O/c1-2-3-4-5-6-7-8-9-10-11-12-13-14-15-16-17-18-21(23)19-20-22(24)25;1-3-5-6-7-8-9-10-11-12-13-14-15-16-17-18-19-21-22(23)20-4-2/h3-4,6-7,9-10,12-13,15-18,21,23H,2,5,8,11,14,19-20H2,1H3,(H,24,25);5-6,8-9,11-12,14-15,17-19,21-23H,3-4,7,10,13,16,20H2,1-2H3/b4-3-,7-6-,10-9-,13-12-,16-15-,18-17+;6-5-,9-8-,12-11-,15-14-,18-17-,21-19+. The van der Waals surface area contributed by atoms with E-state index in [1.807, 2.05) is 30.4 Å². The Hall–Kier alpha value is -3.73. The highest BCUT2D eigenvalue weighted by atomic mass is 16.4. The summed E-state index contributed by atoms with van der Waals surface area (Å²) < 4.78 is 0. The molecule has 0 spiro atoms. The first-order valence-corrected chi connectivity index (χ1v) is 17.9. The lowest BCUT2D eigenvalue weighted by Gasteiger charge is -2.00. The zero-order chi connectivity index (χ0) is 35.6. The van der Waals surface area contributed by atoms with E-state index in [-0.39, 0.29) is 18.9 Å². The predicted molar refractivity (Wildman–Crippen MR) is 211 cm³/mol. The van der Waals surface area contributed by atoms with Crippen LogP contribution in [-0.4, -0.2) is 33.5 Å². The molecule has 266 valence electrons. The summed E-state index contributed by atoms with van der Waals surface area (Å²) in [6.45, 7) is 6.37. The van der Waals surface area contributed by atoms with Crippen molar-refractivity contribution in [3.05, 3.63) is 146 Å². The molecular formula is C44H66O4. The van der Waals surface area contributed by atoms with Gasteiger partial charge in [0.25, 0.3) is 0 Å². The maximum atomic E-state index is 10.4. The number of hydrogen-bond acceptors (Lipinski definition) is 3. The fraction of sp³-hybridized carbons (Fsp3) is 0.432. The van der Waals surface area contributed by atoms with Crippen molar-refractivity contribution >= 4 is 5.97 Å². The molecule has 0 bridgehead atoms. The number of aliphatic hydroxyl groups excluding tert-OH is 2. The first-order chi connectivity index (χ1) is 23.5. The van der Waals surface area contributed by atoms with Gasteiger partial charge in [0.05, 0.1) is 12.2 Å². The molecule has 0 radical (unpaired) electrons. The summed E-state index contributed by atoms with van der Waals surface area (Å²) in [5.41, 5.74) is 0. The molecule has 48 heavy (non-hydrogen) atoms. The summed E-state index contributed by atoms with van der Waals surface area (Å²) in [6.07, 6.45) is 61.0. The van der Waals surface area contributed by atoms with Crippen LogP contribution < -0.4 is 0 Å². The van der Waals surface area contributed by atoms with Gasteiger partial charge in [-0.15, -0.1) is 0 Å². The monoisotopic (exact) mass is 658 g/mol. The Morgan fingerprint density at radius 3 is 1.02 bits per heavy atom. The molecule has 2 unspecified atom stereocenters. The molecule has 0 aliphatic heterocycles. The molecule has 3 N–H and O–H groups in total. The van der Waals surface area contributed by atoms with Crippen molar-refractivity contribution in [1.29, 1.82) is 0 Å². The minimum atomic E-state index is -0.887. The molecule has 0 amide bonds. The van der Waals surface area contributed by atoms with Gasteiger partial charge in [-0.1, -0.05) is 173 Å². The van der Waals surface area contributed by atoms with E-state index in [2.05, 4.69) is 124 Å². The van der Waals surface area contributed by atoms with E-state index in [0.29, 0.717) is 0 Å². The van der Waals surface area contributed by atoms with E-state index in [1.54, 1.807) is 12.2 Å². The van der Waals surface area contributed by atoms with Gasteiger partial charge in [-0.2, -0.15) is 0 Å². The second-order valence-corrected chi connectivity index (χ2v) is 11.0.